The van der Waals surface area contributed by atoms with Crippen molar-refractivity contribution in [3.05, 3.63) is 29.3 Å². The number of halogens is 1. The molecular formula is C19H30ClN4O3+. The maximum atomic E-state index is 12.4. The predicted molar refractivity (Wildman–Crippen MR) is 107 cm³/mol. The van der Waals surface area contributed by atoms with Gasteiger partial charge in [0.2, 0.25) is 5.91 Å². The zero-order chi connectivity index (χ0) is 20.6. The number of nitrogens with one attached hydrogen (secondary N) is 3. The summed E-state index contributed by atoms with van der Waals surface area (Å²) in [7, 11) is 1.57. The molecule has 0 radical (unpaired) electrons. The van der Waals surface area contributed by atoms with Crippen molar-refractivity contribution < 1.29 is 19.3 Å². The Hall–Kier alpha value is -2.12. The lowest BCUT2D eigenvalue weighted by molar-refractivity contribution is -0.882. The molecule has 150 valence electrons. The molecule has 3 amide bonds. The van der Waals surface area contributed by atoms with E-state index in [-0.39, 0.29) is 42.9 Å². The molecule has 0 bridgehead atoms. The summed E-state index contributed by atoms with van der Waals surface area (Å²) in [5, 5.41) is 6.01. The Kier molecular flexibility index (Phi) is 8.72. The van der Waals surface area contributed by atoms with E-state index in [1.165, 1.54) is 4.90 Å². The minimum Gasteiger partial charge on any atom is -0.347 e. The zero-order valence-corrected chi connectivity index (χ0v) is 17.4. The first-order chi connectivity index (χ1) is 12.5. The Morgan fingerprint density at radius 3 is 2.30 bits per heavy atom. The van der Waals surface area contributed by atoms with E-state index in [0.717, 1.165) is 4.90 Å². The second-order valence-electron chi connectivity index (χ2n) is 7.53. The van der Waals surface area contributed by atoms with Gasteiger partial charge in [0.05, 0.1) is 23.8 Å². The number of hydrogen-bond acceptors (Lipinski definition) is 3. The fourth-order valence-corrected chi connectivity index (χ4v) is 2.59. The molecule has 0 fully saturated rings. The van der Waals surface area contributed by atoms with Crippen LogP contribution in [0.3, 0.4) is 0 Å². The quantitative estimate of drug-likeness (QED) is 0.599. The van der Waals surface area contributed by atoms with Crippen LogP contribution in [-0.4, -0.2) is 61.4 Å². The molecule has 1 rings (SSSR count). The third-order valence-electron chi connectivity index (χ3n) is 3.78. The van der Waals surface area contributed by atoms with E-state index < -0.39 is 0 Å². The Morgan fingerprint density at radius 1 is 1.11 bits per heavy atom. The van der Waals surface area contributed by atoms with Crippen molar-refractivity contribution in [1.29, 1.82) is 0 Å². The summed E-state index contributed by atoms with van der Waals surface area (Å²) in [4.78, 5) is 38.8. The molecule has 1 aromatic rings. The number of anilines is 1. The summed E-state index contributed by atoms with van der Waals surface area (Å²) in [6, 6.07) is 6.91. The molecule has 0 aliphatic rings. The van der Waals surface area contributed by atoms with Crippen LogP contribution in [0, 0.1) is 0 Å². The van der Waals surface area contributed by atoms with Gasteiger partial charge in [-0.2, -0.15) is 0 Å². The first-order valence-electron chi connectivity index (χ1n) is 8.94. The first-order valence-corrected chi connectivity index (χ1v) is 9.32. The topological polar surface area (TPSA) is 83.0 Å². The molecule has 0 saturated heterocycles. The van der Waals surface area contributed by atoms with E-state index >= 15 is 0 Å². The van der Waals surface area contributed by atoms with E-state index in [9.17, 15) is 14.4 Å². The van der Waals surface area contributed by atoms with Crippen LogP contribution >= 0.6 is 11.6 Å². The van der Waals surface area contributed by atoms with Gasteiger partial charge in [0.25, 0.3) is 11.8 Å². The summed E-state index contributed by atoms with van der Waals surface area (Å²) in [5.74, 6) is -0.640. The van der Waals surface area contributed by atoms with Gasteiger partial charge >= 0.3 is 0 Å². The van der Waals surface area contributed by atoms with Crippen molar-refractivity contribution in [3.8, 4) is 0 Å². The van der Waals surface area contributed by atoms with Gasteiger partial charge in [-0.25, -0.2) is 0 Å². The molecule has 0 aliphatic carbocycles. The third kappa shape index (κ3) is 8.88. The maximum absolute atomic E-state index is 12.4. The fraction of sp³-hybridized carbons (Fsp3) is 0.526. The van der Waals surface area contributed by atoms with Gasteiger partial charge in [0.1, 0.15) is 0 Å². The van der Waals surface area contributed by atoms with Crippen LogP contribution in [0.15, 0.2) is 24.3 Å². The molecule has 0 aromatic heterocycles. The van der Waals surface area contributed by atoms with Gasteiger partial charge in [0.15, 0.2) is 13.1 Å². The van der Waals surface area contributed by atoms with Crippen LogP contribution < -0.4 is 15.5 Å². The standard InChI is InChI=1S/C19H29ClN4O3/c1-6-24(12-17(26)22-19(2,3)4)13-18(27)23(5)11-16(25)21-15-10-8-7-9-14(15)20/h7-10H,6,11-13H2,1-5H3,(H,21,25)(H,22,26)/p+1. The first kappa shape index (κ1) is 22.9. The van der Waals surface area contributed by atoms with Crippen LogP contribution in [0.25, 0.3) is 0 Å². The van der Waals surface area contributed by atoms with Crippen molar-refractivity contribution in [2.24, 2.45) is 0 Å². The second-order valence-corrected chi connectivity index (χ2v) is 7.94. The lowest BCUT2D eigenvalue weighted by Gasteiger charge is -2.24. The Bertz CT molecular complexity index is 673. The molecule has 1 unspecified atom stereocenters. The molecule has 0 aliphatic heterocycles. The average molecular weight is 398 g/mol. The molecule has 0 heterocycles. The van der Waals surface area contributed by atoms with E-state index in [0.29, 0.717) is 17.3 Å². The normalized spacial score (nSPS) is 12.2. The van der Waals surface area contributed by atoms with Crippen molar-refractivity contribution >= 4 is 35.0 Å². The summed E-state index contributed by atoms with van der Waals surface area (Å²) < 4.78 is 0. The van der Waals surface area contributed by atoms with Gasteiger partial charge in [-0.05, 0) is 39.8 Å². The number of likely N-dealkylation sites (N-methyl/N-ethyl adjacent to an activating group) is 2. The predicted octanol–water partition coefficient (Wildman–Crippen LogP) is 0.556. The summed E-state index contributed by atoms with van der Waals surface area (Å²) in [5.41, 5.74) is 0.192. The van der Waals surface area contributed by atoms with Gasteiger partial charge in [-0.3, -0.25) is 14.4 Å². The number of rotatable bonds is 8. The van der Waals surface area contributed by atoms with Crippen molar-refractivity contribution in [2.75, 3.05) is 38.5 Å². The highest BCUT2D eigenvalue weighted by atomic mass is 35.5. The van der Waals surface area contributed by atoms with Gasteiger partial charge in [0, 0.05) is 12.6 Å². The highest BCUT2D eigenvalue weighted by molar-refractivity contribution is 6.33. The lowest BCUT2D eigenvalue weighted by atomic mass is 10.1. The van der Waals surface area contributed by atoms with Crippen molar-refractivity contribution in [1.82, 2.24) is 10.2 Å². The van der Waals surface area contributed by atoms with Gasteiger partial charge in [-0.15, -0.1) is 0 Å². The molecule has 7 nitrogen and oxygen atoms in total. The summed E-state index contributed by atoms with van der Waals surface area (Å²) in [6.07, 6.45) is 0. The minimum absolute atomic E-state index is 0.0881. The number of para-hydroxylation sites is 1. The minimum atomic E-state index is -0.331. The molecule has 1 aromatic carbocycles. The van der Waals surface area contributed by atoms with E-state index in [1.807, 2.05) is 27.7 Å². The molecule has 0 spiro atoms. The smallest absolute Gasteiger partial charge is 0.277 e. The summed E-state index contributed by atoms with van der Waals surface area (Å²) in [6.45, 7) is 8.53. The molecular weight excluding hydrogens is 368 g/mol. The lowest BCUT2D eigenvalue weighted by Crippen LogP contribution is -3.14. The number of carbonyl (C=O) groups is 3. The Labute approximate surface area is 166 Å². The third-order valence-corrected chi connectivity index (χ3v) is 4.11. The zero-order valence-electron chi connectivity index (χ0n) is 16.7. The Morgan fingerprint density at radius 2 is 1.74 bits per heavy atom. The Balaban J connectivity index is 2.53. The fourth-order valence-electron chi connectivity index (χ4n) is 2.41. The number of quaternary nitrogens is 1. The highest BCUT2D eigenvalue weighted by Crippen LogP contribution is 2.20. The molecule has 27 heavy (non-hydrogen) atoms. The monoisotopic (exact) mass is 397 g/mol. The van der Waals surface area contributed by atoms with Crippen LogP contribution in [0.2, 0.25) is 5.02 Å². The average Bonchev–Trinajstić information content (AvgIpc) is 2.54. The maximum Gasteiger partial charge on any atom is 0.277 e. The summed E-state index contributed by atoms with van der Waals surface area (Å²) >= 11 is 6.01. The second kappa shape index (κ2) is 10.3. The molecule has 0 saturated carbocycles. The number of benzene rings is 1. The van der Waals surface area contributed by atoms with Crippen molar-refractivity contribution in [2.45, 2.75) is 33.2 Å². The van der Waals surface area contributed by atoms with E-state index in [1.54, 1.807) is 31.3 Å². The SMILES string of the molecule is CC[NH+](CC(=O)NC(C)(C)C)CC(=O)N(C)CC(=O)Nc1ccccc1Cl. The van der Waals surface area contributed by atoms with E-state index in [2.05, 4.69) is 10.6 Å². The van der Waals surface area contributed by atoms with E-state index in [4.69, 9.17) is 11.6 Å². The van der Waals surface area contributed by atoms with Crippen molar-refractivity contribution in [3.63, 3.8) is 0 Å². The molecule has 3 N–H and O–H groups in total. The largest absolute Gasteiger partial charge is 0.347 e. The van der Waals surface area contributed by atoms with Crippen LogP contribution in [0.1, 0.15) is 27.7 Å². The van der Waals surface area contributed by atoms with Crippen LogP contribution in [0.5, 0.6) is 0 Å². The number of amides is 3. The number of nitrogens with zero attached hydrogens (tertiary/aromatic N) is 1. The number of carbonyl (C=O) groups excluding carboxylic acids is 3. The van der Waals surface area contributed by atoms with Gasteiger partial charge < -0.3 is 20.4 Å². The highest BCUT2D eigenvalue weighted by Gasteiger charge is 2.22. The molecule has 1 atom stereocenters. The van der Waals surface area contributed by atoms with Gasteiger partial charge in [-0.1, -0.05) is 23.7 Å². The number of hydrogen-bond donors (Lipinski definition) is 3. The van der Waals surface area contributed by atoms with Crippen LogP contribution in [-0.2, 0) is 14.4 Å². The molecule has 8 heteroatoms. The van der Waals surface area contributed by atoms with Crippen LogP contribution in [0.4, 0.5) is 5.69 Å².